The van der Waals surface area contributed by atoms with E-state index >= 15 is 0 Å². The molecule has 0 spiro atoms. The highest BCUT2D eigenvalue weighted by molar-refractivity contribution is 7.16. The summed E-state index contributed by atoms with van der Waals surface area (Å²) in [6.45, 7) is 5.01. The van der Waals surface area contributed by atoms with Crippen LogP contribution in [-0.2, 0) is 0 Å². The standard InChI is InChI=1S/C15H17N5S/c1-3-20(11-6-4-5-10(2)9-11)13-12-7-8-21-14(12)18-15(17-13)19-16/h4-9H,3,16H2,1-2H3,(H,17,18,19). The quantitative estimate of drug-likeness (QED) is 0.570. The molecule has 5 nitrogen and oxygen atoms in total. The highest BCUT2D eigenvalue weighted by atomic mass is 32.1. The molecule has 2 aromatic heterocycles. The first-order valence-electron chi connectivity index (χ1n) is 6.79. The van der Waals surface area contributed by atoms with E-state index in [0.29, 0.717) is 5.95 Å². The number of nitrogen functional groups attached to an aromatic ring is 1. The molecular formula is C15H17N5S. The number of nitrogens with one attached hydrogen (secondary N) is 1. The number of hydrogen-bond donors (Lipinski definition) is 2. The van der Waals surface area contributed by atoms with Crippen LogP contribution in [0.2, 0.25) is 0 Å². The third-order valence-corrected chi connectivity index (χ3v) is 4.13. The van der Waals surface area contributed by atoms with Gasteiger partial charge in [0.15, 0.2) is 0 Å². The van der Waals surface area contributed by atoms with Crippen LogP contribution in [0.5, 0.6) is 0 Å². The molecule has 0 unspecified atom stereocenters. The van der Waals surface area contributed by atoms with Gasteiger partial charge in [0.25, 0.3) is 0 Å². The minimum atomic E-state index is 0.436. The monoisotopic (exact) mass is 299 g/mol. The highest BCUT2D eigenvalue weighted by Crippen LogP contribution is 2.33. The summed E-state index contributed by atoms with van der Waals surface area (Å²) in [5, 5.41) is 3.06. The molecule has 21 heavy (non-hydrogen) atoms. The smallest absolute Gasteiger partial charge is 0.240 e. The second-order valence-electron chi connectivity index (χ2n) is 4.74. The Morgan fingerprint density at radius 2 is 2.14 bits per heavy atom. The topological polar surface area (TPSA) is 67.1 Å². The SMILES string of the molecule is CCN(c1cccc(C)c1)c1nc(NN)nc2sccc12. The molecule has 108 valence electrons. The van der Waals surface area contributed by atoms with Gasteiger partial charge in [-0.25, -0.2) is 10.8 Å². The van der Waals surface area contributed by atoms with Crippen molar-refractivity contribution in [3.8, 4) is 0 Å². The maximum Gasteiger partial charge on any atom is 0.240 e. The van der Waals surface area contributed by atoms with Gasteiger partial charge in [0.2, 0.25) is 5.95 Å². The van der Waals surface area contributed by atoms with E-state index in [9.17, 15) is 0 Å². The Morgan fingerprint density at radius 3 is 2.86 bits per heavy atom. The van der Waals surface area contributed by atoms with E-state index in [1.165, 1.54) is 5.56 Å². The van der Waals surface area contributed by atoms with Gasteiger partial charge in [-0.15, -0.1) is 11.3 Å². The first-order valence-corrected chi connectivity index (χ1v) is 7.67. The van der Waals surface area contributed by atoms with Crippen LogP contribution >= 0.6 is 11.3 Å². The average Bonchev–Trinajstić information content (AvgIpc) is 2.96. The Hall–Kier alpha value is -2.18. The molecule has 2 heterocycles. The van der Waals surface area contributed by atoms with Crippen molar-refractivity contribution in [2.75, 3.05) is 16.9 Å². The van der Waals surface area contributed by atoms with Crippen molar-refractivity contribution >= 4 is 39.0 Å². The summed E-state index contributed by atoms with van der Waals surface area (Å²) in [6, 6.07) is 10.4. The molecule has 1 aromatic carbocycles. The molecule has 0 aliphatic carbocycles. The Morgan fingerprint density at radius 1 is 1.29 bits per heavy atom. The number of nitrogens with two attached hydrogens (primary N) is 1. The number of anilines is 3. The van der Waals surface area contributed by atoms with Gasteiger partial charge in [0, 0.05) is 12.2 Å². The van der Waals surface area contributed by atoms with Crippen molar-refractivity contribution < 1.29 is 0 Å². The van der Waals surface area contributed by atoms with Gasteiger partial charge in [-0.05, 0) is 43.0 Å². The maximum atomic E-state index is 5.49. The lowest BCUT2D eigenvalue weighted by molar-refractivity contribution is 0.987. The van der Waals surface area contributed by atoms with Gasteiger partial charge in [-0.3, -0.25) is 5.43 Å². The van der Waals surface area contributed by atoms with Crippen LogP contribution in [0.3, 0.4) is 0 Å². The van der Waals surface area contributed by atoms with Crippen molar-refractivity contribution in [3.05, 3.63) is 41.3 Å². The molecule has 0 atom stereocenters. The van der Waals surface area contributed by atoms with E-state index in [1.54, 1.807) is 11.3 Å². The second kappa shape index (κ2) is 5.67. The number of rotatable bonds is 4. The normalized spacial score (nSPS) is 10.8. The van der Waals surface area contributed by atoms with Gasteiger partial charge in [-0.2, -0.15) is 4.98 Å². The van der Waals surface area contributed by atoms with Crippen molar-refractivity contribution in [2.24, 2.45) is 5.84 Å². The van der Waals surface area contributed by atoms with Crippen molar-refractivity contribution in [1.82, 2.24) is 9.97 Å². The van der Waals surface area contributed by atoms with Gasteiger partial charge in [0.05, 0.1) is 5.39 Å². The zero-order chi connectivity index (χ0) is 14.8. The first-order chi connectivity index (χ1) is 10.2. The second-order valence-corrected chi connectivity index (χ2v) is 5.63. The molecule has 3 rings (SSSR count). The summed E-state index contributed by atoms with van der Waals surface area (Å²) in [5.41, 5.74) is 4.89. The molecular weight excluding hydrogens is 282 g/mol. The predicted molar refractivity (Wildman–Crippen MR) is 89.1 cm³/mol. The Balaban J connectivity index is 2.18. The molecule has 0 aliphatic rings. The zero-order valence-corrected chi connectivity index (χ0v) is 12.8. The molecule has 3 aromatic rings. The molecule has 6 heteroatoms. The summed E-state index contributed by atoms with van der Waals surface area (Å²) in [5.74, 6) is 6.81. The van der Waals surface area contributed by atoms with Crippen LogP contribution in [0.1, 0.15) is 12.5 Å². The van der Waals surface area contributed by atoms with Gasteiger partial charge in [-0.1, -0.05) is 12.1 Å². The third kappa shape index (κ3) is 2.55. The van der Waals surface area contributed by atoms with E-state index in [2.05, 4.69) is 58.4 Å². The molecule has 0 aliphatic heterocycles. The fourth-order valence-electron chi connectivity index (χ4n) is 2.36. The van der Waals surface area contributed by atoms with Gasteiger partial charge < -0.3 is 4.90 Å². The van der Waals surface area contributed by atoms with E-state index in [1.807, 2.05) is 11.4 Å². The van der Waals surface area contributed by atoms with Gasteiger partial charge >= 0.3 is 0 Å². The number of nitrogens with zero attached hydrogens (tertiary/aromatic N) is 3. The number of hydrazine groups is 1. The summed E-state index contributed by atoms with van der Waals surface area (Å²) in [4.78, 5) is 12.0. The molecule has 0 saturated carbocycles. The summed E-state index contributed by atoms with van der Waals surface area (Å²) in [7, 11) is 0. The van der Waals surface area contributed by atoms with Crippen LogP contribution in [0.25, 0.3) is 10.2 Å². The van der Waals surface area contributed by atoms with Crippen molar-refractivity contribution in [2.45, 2.75) is 13.8 Å². The Kier molecular flexibility index (Phi) is 3.72. The Bertz CT molecular complexity index is 768. The molecule has 0 saturated heterocycles. The lowest BCUT2D eigenvalue weighted by Crippen LogP contribution is -2.19. The first kappa shape index (κ1) is 13.8. The largest absolute Gasteiger partial charge is 0.326 e. The number of aryl methyl sites for hydroxylation is 1. The lowest BCUT2D eigenvalue weighted by Gasteiger charge is -2.23. The number of hydrogen-bond acceptors (Lipinski definition) is 6. The molecule has 0 fully saturated rings. The summed E-state index contributed by atoms with van der Waals surface area (Å²) < 4.78 is 0. The van der Waals surface area contributed by atoms with E-state index < -0.39 is 0 Å². The molecule has 0 bridgehead atoms. The molecule has 0 radical (unpaired) electrons. The number of fused-ring (bicyclic) bond motifs is 1. The minimum absolute atomic E-state index is 0.436. The average molecular weight is 299 g/mol. The van der Waals surface area contributed by atoms with Crippen LogP contribution in [0, 0.1) is 6.92 Å². The number of thiophene rings is 1. The summed E-state index contributed by atoms with van der Waals surface area (Å²) >= 11 is 1.58. The number of aromatic nitrogens is 2. The maximum absolute atomic E-state index is 5.49. The van der Waals surface area contributed by atoms with Crippen molar-refractivity contribution in [1.29, 1.82) is 0 Å². The third-order valence-electron chi connectivity index (χ3n) is 3.32. The van der Waals surface area contributed by atoms with Crippen molar-refractivity contribution in [3.63, 3.8) is 0 Å². The fraction of sp³-hybridized carbons (Fsp3) is 0.200. The number of benzene rings is 1. The van der Waals surface area contributed by atoms with E-state index in [-0.39, 0.29) is 0 Å². The Labute approximate surface area is 127 Å². The predicted octanol–water partition coefficient (Wildman–Crippen LogP) is 3.44. The zero-order valence-electron chi connectivity index (χ0n) is 12.0. The molecule has 3 N–H and O–H groups in total. The van der Waals surface area contributed by atoms with E-state index in [0.717, 1.165) is 28.3 Å². The van der Waals surface area contributed by atoms with Crippen LogP contribution in [-0.4, -0.2) is 16.5 Å². The lowest BCUT2D eigenvalue weighted by atomic mass is 10.2. The van der Waals surface area contributed by atoms with Crippen LogP contribution in [0.4, 0.5) is 17.5 Å². The fourth-order valence-corrected chi connectivity index (χ4v) is 3.12. The minimum Gasteiger partial charge on any atom is -0.326 e. The summed E-state index contributed by atoms with van der Waals surface area (Å²) in [6.07, 6.45) is 0. The highest BCUT2D eigenvalue weighted by Gasteiger charge is 2.15. The van der Waals surface area contributed by atoms with Crippen LogP contribution in [0.15, 0.2) is 35.7 Å². The van der Waals surface area contributed by atoms with Gasteiger partial charge in [0.1, 0.15) is 10.6 Å². The van der Waals surface area contributed by atoms with Crippen LogP contribution < -0.4 is 16.2 Å². The molecule has 0 amide bonds. The van der Waals surface area contributed by atoms with E-state index in [4.69, 9.17) is 5.84 Å².